The molecule has 0 bridgehead atoms. The Morgan fingerprint density at radius 2 is 1.85 bits per heavy atom. The van der Waals surface area contributed by atoms with Crippen molar-refractivity contribution in [2.24, 2.45) is 5.10 Å². The Morgan fingerprint density at radius 1 is 1.12 bits per heavy atom. The van der Waals surface area contributed by atoms with Gasteiger partial charge in [0.1, 0.15) is 5.75 Å². The molecule has 2 amide bonds. The minimum Gasteiger partial charge on any atom is -0.494 e. The molecule has 0 saturated carbocycles. The van der Waals surface area contributed by atoms with Crippen LogP contribution in [0, 0.1) is 0 Å². The van der Waals surface area contributed by atoms with Gasteiger partial charge in [0.2, 0.25) is 11.8 Å². The van der Waals surface area contributed by atoms with E-state index in [4.69, 9.17) is 16.3 Å². The molecule has 0 unspecified atom stereocenters. The van der Waals surface area contributed by atoms with Gasteiger partial charge in [0, 0.05) is 23.6 Å². The number of ether oxygens (including phenoxy) is 1. The summed E-state index contributed by atoms with van der Waals surface area (Å²) in [6.45, 7) is 2.49. The van der Waals surface area contributed by atoms with Crippen molar-refractivity contribution in [3.05, 3.63) is 59.1 Å². The van der Waals surface area contributed by atoms with Crippen molar-refractivity contribution in [3.63, 3.8) is 0 Å². The Hall–Kier alpha value is -2.86. The van der Waals surface area contributed by atoms with Gasteiger partial charge in [-0.2, -0.15) is 5.10 Å². The molecule has 0 fully saturated rings. The summed E-state index contributed by atoms with van der Waals surface area (Å²) in [7, 11) is 0. The third-order valence-electron chi connectivity index (χ3n) is 3.28. The number of nitrogens with zero attached hydrogens (tertiary/aromatic N) is 1. The SMILES string of the molecule is CCOc1ccc(NC(=O)CCC(=O)NN=Cc2cccc(Cl)c2)cc1. The van der Waals surface area contributed by atoms with Gasteiger partial charge < -0.3 is 10.1 Å². The lowest BCUT2D eigenvalue weighted by atomic mass is 10.2. The second kappa shape index (κ2) is 10.2. The van der Waals surface area contributed by atoms with Crippen LogP contribution in [0.5, 0.6) is 5.75 Å². The number of nitrogens with one attached hydrogen (secondary N) is 2. The van der Waals surface area contributed by atoms with E-state index in [2.05, 4.69) is 15.8 Å². The van der Waals surface area contributed by atoms with Crippen LogP contribution in [0.15, 0.2) is 53.6 Å². The van der Waals surface area contributed by atoms with Crippen molar-refractivity contribution in [3.8, 4) is 5.75 Å². The normalized spacial score (nSPS) is 10.5. The van der Waals surface area contributed by atoms with E-state index in [-0.39, 0.29) is 24.7 Å². The summed E-state index contributed by atoms with van der Waals surface area (Å²) in [5.74, 6) is 0.149. The van der Waals surface area contributed by atoms with Crippen LogP contribution in [-0.4, -0.2) is 24.6 Å². The molecule has 0 heterocycles. The molecular weight excluding hydrogens is 354 g/mol. The molecule has 0 radical (unpaired) electrons. The van der Waals surface area contributed by atoms with E-state index in [0.717, 1.165) is 11.3 Å². The van der Waals surface area contributed by atoms with Crippen molar-refractivity contribution in [1.29, 1.82) is 0 Å². The molecule has 0 atom stereocenters. The first-order valence-electron chi connectivity index (χ1n) is 8.17. The number of anilines is 1. The van der Waals surface area contributed by atoms with Gasteiger partial charge in [-0.15, -0.1) is 0 Å². The summed E-state index contributed by atoms with van der Waals surface area (Å²) >= 11 is 5.86. The quantitative estimate of drug-likeness (QED) is 0.548. The summed E-state index contributed by atoms with van der Waals surface area (Å²) in [6.07, 6.45) is 1.59. The molecular formula is C19H20ClN3O3. The predicted octanol–water partition coefficient (Wildman–Crippen LogP) is 3.61. The van der Waals surface area contributed by atoms with Gasteiger partial charge in [-0.1, -0.05) is 23.7 Å². The molecule has 6 nitrogen and oxygen atoms in total. The van der Waals surface area contributed by atoms with Crippen LogP contribution < -0.4 is 15.5 Å². The standard InChI is InChI=1S/C19H20ClN3O3/c1-2-26-17-8-6-16(7-9-17)22-18(24)10-11-19(25)23-21-13-14-4-3-5-15(20)12-14/h3-9,12-13H,2,10-11H2,1H3,(H,22,24)(H,23,25). The fraction of sp³-hybridized carbons (Fsp3) is 0.211. The van der Waals surface area contributed by atoms with Crippen LogP contribution in [0.2, 0.25) is 5.02 Å². The third kappa shape index (κ3) is 6.94. The first kappa shape index (κ1) is 19.5. The maximum atomic E-state index is 11.9. The first-order valence-corrected chi connectivity index (χ1v) is 8.55. The third-order valence-corrected chi connectivity index (χ3v) is 3.51. The van der Waals surface area contributed by atoms with E-state index in [1.165, 1.54) is 6.21 Å². The summed E-state index contributed by atoms with van der Waals surface area (Å²) in [5.41, 5.74) is 3.80. The number of amides is 2. The second-order valence-electron chi connectivity index (χ2n) is 5.35. The summed E-state index contributed by atoms with van der Waals surface area (Å²) in [5, 5.41) is 7.16. The zero-order valence-corrected chi connectivity index (χ0v) is 15.1. The Balaban J connectivity index is 1.71. The first-order chi connectivity index (χ1) is 12.6. The monoisotopic (exact) mass is 373 g/mol. The number of hydrogen-bond donors (Lipinski definition) is 2. The average Bonchev–Trinajstić information content (AvgIpc) is 2.62. The summed E-state index contributed by atoms with van der Waals surface area (Å²) < 4.78 is 5.33. The Labute approximate surface area is 157 Å². The molecule has 0 aromatic heterocycles. The van der Waals surface area contributed by atoms with E-state index in [0.29, 0.717) is 17.3 Å². The highest BCUT2D eigenvalue weighted by molar-refractivity contribution is 6.30. The number of rotatable bonds is 8. The fourth-order valence-electron chi connectivity index (χ4n) is 2.07. The van der Waals surface area contributed by atoms with Crippen LogP contribution >= 0.6 is 11.6 Å². The lowest BCUT2D eigenvalue weighted by Gasteiger charge is -2.07. The zero-order chi connectivity index (χ0) is 18.8. The van der Waals surface area contributed by atoms with E-state index in [1.54, 1.807) is 42.5 Å². The molecule has 2 rings (SSSR count). The average molecular weight is 374 g/mol. The summed E-state index contributed by atoms with van der Waals surface area (Å²) in [4.78, 5) is 23.6. The van der Waals surface area contributed by atoms with Crippen LogP contribution in [0.4, 0.5) is 5.69 Å². The van der Waals surface area contributed by atoms with E-state index in [1.807, 2.05) is 13.0 Å². The molecule has 0 spiro atoms. The van der Waals surface area contributed by atoms with Crippen LogP contribution in [0.3, 0.4) is 0 Å². The van der Waals surface area contributed by atoms with Gasteiger partial charge in [-0.3, -0.25) is 9.59 Å². The smallest absolute Gasteiger partial charge is 0.240 e. The summed E-state index contributed by atoms with van der Waals surface area (Å²) in [6, 6.07) is 14.1. The molecule has 136 valence electrons. The zero-order valence-electron chi connectivity index (χ0n) is 14.4. The number of carbonyl (C=O) groups is 2. The Morgan fingerprint density at radius 3 is 2.54 bits per heavy atom. The topological polar surface area (TPSA) is 79.8 Å². The molecule has 0 saturated heterocycles. The molecule has 2 aromatic carbocycles. The maximum Gasteiger partial charge on any atom is 0.240 e. The van der Waals surface area contributed by atoms with Crippen LogP contribution in [0.1, 0.15) is 25.3 Å². The number of carbonyl (C=O) groups excluding carboxylic acids is 2. The number of hydrogen-bond acceptors (Lipinski definition) is 4. The van der Waals surface area contributed by atoms with Gasteiger partial charge >= 0.3 is 0 Å². The molecule has 0 aliphatic carbocycles. The molecule has 2 aromatic rings. The highest BCUT2D eigenvalue weighted by Crippen LogP contribution is 2.15. The van der Waals surface area contributed by atoms with Crippen molar-refractivity contribution in [1.82, 2.24) is 5.43 Å². The number of hydrazone groups is 1. The Kier molecular flexibility index (Phi) is 7.64. The van der Waals surface area contributed by atoms with E-state index in [9.17, 15) is 9.59 Å². The van der Waals surface area contributed by atoms with E-state index < -0.39 is 0 Å². The lowest BCUT2D eigenvalue weighted by Crippen LogP contribution is -2.20. The number of halogens is 1. The van der Waals surface area contributed by atoms with Crippen molar-refractivity contribution < 1.29 is 14.3 Å². The molecule has 7 heteroatoms. The van der Waals surface area contributed by atoms with Crippen molar-refractivity contribution in [2.45, 2.75) is 19.8 Å². The predicted molar refractivity (Wildman–Crippen MR) is 103 cm³/mol. The van der Waals surface area contributed by atoms with Gasteiger partial charge in [0.25, 0.3) is 0 Å². The number of benzene rings is 2. The maximum absolute atomic E-state index is 11.9. The minimum atomic E-state index is -0.342. The highest BCUT2D eigenvalue weighted by atomic mass is 35.5. The van der Waals surface area contributed by atoms with Crippen molar-refractivity contribution in [2.75, 3.05) is 11.9 Å². The molecule has 0 aliphatic heterocycles. The molecule has 26 heavy (non-hydrogen) atoms. The Bertz CT molecular complexity index is 776. The lowest BCUT2D eigenvalue weighted by molar-refractivity contribution is -0.124. The van der Waals surface area contributed by atoms with Crippen LogP contribution in [0.25, 0.3) is 0 Å². The minimum absolute atomic E-state index is 0.0374. The largest absolute Gasteiger partial charge is 0.494 e. The van der Waals surface area contributed by atoms with E-state index >= 15 is 0 Å². The van der Waals surface area contributed by atoms with Gasteiger partial charge in [-0.05, 0) is 48.9 Å². The highest BCUT2D eigenvalue weighted by Gasteiger charge is 2.07. The van der Waals surface area contributed by atoms with Crippen LogP contribution in [-0.2, 0) is 9.59 Å². The van der Waals surface area contributed by atoms with Crippen molar-refractivity contribution >= 4 is 35.3 Å². The van der Waals surface area contributed by atoms with Gasteiger partial charge in [0.15, 0.2) is 0 Å². The van der Waals surface area contributed by atoms with Gasteiger partial charge in [0.05, 0.1) is 12.8 Å². The second-order valence-corrected chi connectivity index (χ2v) is 5.79. The molecule has 2 N–H and O–H groups in total. The molecule has 0 aliphatic rings. The van der Waals surface area contributed by atoms with Gasteiger partial charge in [-0.25, -0.2) is 5.43 Å². The fourth-order valence-corrected chi connectivity index (χ4v) is 2.27.